The largest absolute Gasteiger partial charge is 0.326 e. The van der Waals surface area contributed by atoms with Gasteiger partial charge in [0.15, 0.2) is 0 Å². The van der Waals surface area contributed by atoms with Crippen LogP contribution in [0.25, 0.3) is 0 Å². The first-order valence-electron chi connectivity index (χ1n) is 5.27. The summed E-state index contributed by atoms with van der Waals surface area (Å²) in [6.07, 6.45) is 1.56. The van der Waals surface area contributed by atoms with Gasteiger partial charge in [-0.05, 0) is 6.92 Å². The first-order chi connectivity index (χ1) is 8.13. The van der Waals surface area contributed by atoms with Gasteiger partial charge in [-0.2, -0.15) is 5.10 Å². The third-order valence-corrected chi connectivity index (χ3v) is 3.11. The van der Waals surface area contributed by atoms with Gasteiger partial charge in [-0.15, -0.1) is 0 Å². The Morgan fingerprint density at radius 1 is 1.41 bits per heavy atom. The Hall–Kier alpha value is -1.39. The van der Waals surface area contributed by atoms with Crippen LogP contribution in [0.4, 0.5) is 4.39 Å². The Kier molecular flexibility index (Phi) is 3.45. The fourth-order valence-electron chi connectivity index (χ4n) is 1.66. The van der Waals surface area contributed by atoms with Crippen molar-refractivity contribution in [2.45, 2.75) is 20.0 Å². The Balaban J connectivity index is 2.33. The van der Waals surface area contributed by atoms with Crippen LogP contribution in [0.2, 0.25) is 5.02 Å². The summed E-state index contributed by atoms with van der Waals surface area (Å²) in [7, 11) is 0. The van der Waals surface area contributed by atoms with Crippen molar-refractivity contribution in [3.63, 3.8) is 0 Å². The van der Waals surface area contributed by atoms with Crippen LogP contribution in [-0.4, -0.2) is 9.78 Å². The molecule has 2 aromatic rings. The Morgan fingerprint density at radius 3 is 2.71 bits per heavy atom. The maximum Gasteiger partial charge on any atom is 0.132 e. The molecule has 0 fully saturated rings. The number of rotatable bonds is 3. The second-order valence-electron chi connectivity index (χ2n) is 3.83. The molecule has 0 saturated carbocycles. The molecule has 0 radical (unpaired) electrons. The van der Waals surface area contributed by atoms with Crippen molar-refractivity contribution in [1.82, 2.24) is 9.78 Å². The predicted octanol–water partition coefficient (Wildman–Crippen LogP) is 2.49. The van der Waals surface area contributed by atoms with Crippen LogP contribution in [0.3, 0.4) is 0 Å². The maximum absolute atomic E-state index is 13.9. The zero-order valence-electron chi connectivity index (χ0n) is 9.45. The number of aromatic nitrogens is 2. The molecule has 1 heterocycles. The van der Waals surface area contributed by atoms with Gasteiger partial charge in [-0.3, -0.25) is 4.68 Å². The fraction of sp³-hybridized carbons (Fsp3) is 0.250. The van der Waals surface area contributed by atoms with E-state index in [-0.39, 0.29) is 12.4 Å². The lowest BCUT2D eigenvalue weighted by atomic mass is 10.1. The quantitative estimate of drug-likeness (QED) is 0.913. The molecule has 5 heteroatoms. The Morgan fingerprint density at radius 2 is 2.12 bits per heavy atom. The highest BCUT2D eigenvalue weighted by Crippen LogP contribution is 2.17. The molecule has 17 heavy (non-hydrogen) atoms. The van der Waals surface area contributed by atoms with Gasteiger partial charge < -0.3 is 5.73 Å². The topological polar surface area (TPSA) is 43.8 Å². The van der Waals surface area contributed by atoms with Crippen LogP contribution in [0.15, 0.2) is 24.4 Å². The van der Waals surface area contributed by atoms with Gasteiger partial charge >= 0.3 is 0 Å². The van der Waals surface area contributed by atoms with Crippen molar-refractivity contribution >= 4 is 11.6 Å². The van der Waals surface area contributed by atoms with Crippen molar-refractivity contribution < 1.29 is 4.39 Å². The number of halogens is 2. The summed E-state index contributed by atoms with van der Waals surface area (Å²) in [4.78, 5) is 0. The standard InChI is InChI=1S/C12H13ClFN3/c1-8-11(13)6-16-17(8)7-10-4-2-3-9(5-15)12(10)14/h2-4,6H,5,7,15H2,1H3. The molecular weight excluding hydrogens is 241 g/mol. The van der Waals surface area contributed by atoms with Gasteiger partial charge in [0.05, 0.1) is 23.5 Å². The monoisotopic (exact) mass is 253 g/mol. The maximum atomic E-state index is 13.9. The van der Waals surface area contributed by atoms with E-state index >= 15 is 0 Å². The summed E-state index contributed by atoms with van der Waals surface area (Å²) in [6.45, 7) is 2.40. The first kappa shape index (κ1) is 12.1. The van der Waals surface area contributed by atoms with Crippen LogP contribution in [0, 0.1) is 12.7 Å². The summed E-state index contributed by atoms with van der Waals surface area (Å²) >= 11 is 5.90. The van der Waals surface area contributed by atoms with Crippen LogP contribution < -0.4 is 5.73 Å². The van der Waals surface area contributed by atoms with E-state index in [2.05, 4.69) is 5.10 Å². The third-order valence-electron chi connectivity index (χ3n) is 2.74. The third kappa shape index (κ3) is 2.33. The minimum atomic E-state index is -0.263. The van der Waals surface area contributed by atoms with Gasteiger partial charge in [0.1, 0.15) is 5.82 Å². The van der Waals surface area contributed by atoms with Crippen molar-refractivity contribution in [3.05, 3.63) is 52.1 Å². The van der Waals surface area contributed by atoms with Crippen LogP contribution in [-0.2, 0) is 13.1 Å². The van der Waals surface area contributed by atoms with Crippen molar-refractivity contribution in [2.24, 2.45) is 5.73 Å². The number of nitrogens with zero attached hydrogens (tertiary/aromatic N) is 2. The summed E-state index contributed by atoms with van der Waals surface area (Å²) in [5.41, 5.74) is 7.36. The van der Waals surface area contributed by atoms with E-state index < -0.39 is 0 Å². The van der Waals surface area contributed by atoms with E-state index in [1.807, 2.05) is 6.92 Å². The van der Waals surface area contributed by atoms with Crippen molar-refractivity contribution in [3.8, 4) is 0 Å². The second-order valence-corrected chi connectivity index (χ2v) is 4.24. The Bertz CT molecular complexity index is 537. The molecular formula is C12H13ClFN3. The highest BCUT2D eigenvalue weighted by Gasteiger charge is 2.10. The average Bonchev–Trinajstić information content (AvgIpc) is 2.64. The normalized spacial score (nSPS) is 10.8. The predicted molar refractivity (Wildman–Crippen MR) is 65.4 cm³/mol. The van der Waals surface area contributed by atoms with E-state index in [1.54, 1.807) is 29.1 Å². The SMILES string of the molecule is Cc1c(Cl)cnn1Cc1cccc(CN)c1F. The summed E-state index contributed by atoms with van der Waals surface area (Å²) in [5, 5.41) is 4.68. The minimum absolute atomic E-state index is 0.193. The molecule has 0 bridgehead atoms. The number of hydrogen-bond donors (Lipinski definition) is 1. The molecule has 0 aliphatic carbocycles. The molecule has 0 atom stereocenters. The molecule has 0 spiro atoms. The number of nitrogens with two attached hydrogens (primary N) is 1. The summed E-state index contributed by atoms with van der Waals surface area (Å²) in [6, 6.07) is 5.20. The fourth-order valence-corrected chi connectivity index (χ4v) is 1.80. The summed E-state index contributed by atoms with van der Waals surface area (Å²) in [5.74, 6) is -0.263. The smallest absolute Gasteiger partial charge is 0.132 e. The van der Waals surface area contributed by atoms with Gasteiger partial charge in [0.25, 0.3) is 0 Å². The lowest BCUT2D eigenvalue weighted by molar-refractivity contribution is 0.568. The molecule has 1 aromatic heterocycles. The van der Waals surface area contributed by atoms with Gasteiger partial charge in [-0.1, -0.05) is 29.8 Å². The molecule has 2 N–H and O–H groups in total. The highest BCUT2D eigenvalue weighted by molar-refractivity contribution is 6.31. The van der Waals surface area contributed by atoms with E-state index in [1.165, 1.54) is 0 Å². The number of hydrogen-bond acceptors (Lipinski definition) is 2. The second kappa shape index (κ2) is 4.85. The molecule has 0 aliphatic rings. The van der Waals surface area contributed by atoms with Crippen LogP contribution >= 0.6 is 11.6 Å². The molecule has 1 aromatic carbocycles. The molecule has 0 aliphatic heterocycles. The lowest BCUT2D eigenvalue weighted by Gasteiger charge is -2.08. The molecule has 90 valence electrons. The average molecular weight is 254 g/mol. The Labute approximate surface area is 104 Å². The van der Waals surface area contributed by atoms with E-state index in [4.69, 9.17) is 17.3 Å². The van der Waals surface area contributed by atoms with Gasteiger partial charge in [0, 0.05) is 17.7 Å². The molecule has 0 unspecified atom stereocenters. The number of benzene rings is 1. The zero-order valence-corrected chi connectivity index (χ0v) is 10.2. The van der Waals surface area contributed by atoms with E-state index in [0.717, 1.165) is 5.69 Å². The highest BCUT2D eigenvalue weighted by atomic mass is 35.5. The van der Waals surface area contributed by atoms with Gasteiger partial charge in [0.2, 0.25) is 0 Å². The summed E-state index contributed by atoms with van der Waals surface area (Å²) < 4.78 is 15.6. The van der Waals surface area contributed by atoms with Gasteiger partial charge in [-0.25, -0.2) is 4.39 Å². The van der Waals surface area contributed by atoms with Crippen molar-refractivity contribution in [2.75, 3.05) is 0 Å². The lowest BCUT2D eigenvalue weighted by Crippen LogP contribution is -2.08. The van der Waals surface area contributed by atoms with Crippen LogP contribution in [0.1, 0.15) is 16.8 Å². The van der Waals surface area contributed by atoms with E-state index in [9.17, 15) is 4.39 Å². The molecule has 3 nitrogen and oxygen atoms in total. The van der Waals surface area contributed by atoms with Crippen molar-refractivity contribution in [1.29, 1.82) is 0 Å². The molecule has 2 rings (SSSR count). The minimum Gasteiger partial charge on any atom is -0.326 e. The zero-order chi connectivity index (χ0) is 12.4. The molecule has 0 saturated heterocycles. The first-order valence-corrected chi connectivity index (χ1v) is 5.65. The van der Waals surface area contributed by atoms with E-state index in [0.29, 0.717) is 22.7 Å². The molecule has 0 amide bonds. The van der Waals surface area contributed by atoms with Crippen LogP contribution in [0.5, 0.6) is 0 Å².